The van der Waals surface area contributed by atoms with Crippen molar-refractivity contribution >= 4 is 27.8 Å². The monoisotopic (exact) mass is 305 g/mol. The lowest BCUT2D eigenvalue weighted by Crippen LogP contribution is -2.27. The van der Waals surface area contributed by atoms with Gasteiger partial charge >= 0.3 is 5.97 Å². The molecule has 0 amide bonds. The number of aryl methyl sites for hydroxylation is 1. The molecule has 1 aromatic heterocycles. The van der Waals surface area contributed by atoms with Crippen LogP contribution in [0.5, 0.6) is 0 Å². The van der Waals surface area contributed by atoms with Crippen LogP contribution < -0.4 is 4.72 Å². The van der Waals surface area contributed by atoms with Crippen molar-refractivity contribution in [2.75, 3.05) is 18.1 Å². The fourth-order valence-electron chi connectivity index (χ4n) is 1.38. The molecule has 0 saturated carbocycles. The Morgan fingerprint density at radius 3 is 2.89 bits per heavy atom. The number of nitrogens with one attached hydrogen (secondary N) is 2. The van der Waals surface area contributed by atoms with Crippen LogP contribution in [0.4, 0.5) is 0 Å². The van der Waals surface area contributed by atoms with Crippen LogP contribution in [0.15, 0.2) is 17.6 Å². The lowest BCUT2D eigenvalue weighted by Gasteiger charge is -2.06. The molecule has 3 N–H and O–H groups in total. The number of rotatable bonds is 8. The first-order valence-corrected chi connectivity index (χ1v) is 8.00. The maximum Gasteiger partial charge on any atom is 0.357 e. The highest BCUT2D eigenvalue weighted by Crippen LogP contribution is 2.17. The van der Waals surface area contributed by atoms with E-state index in [1.165, 1.54) is 18.7 Å². The molecule has 0 aromatic carbocycles. The second kappa shape index (κ2) is 6.73. The molecule has 1 rings (SSSR count). The first kappa shape index (κ1) is 15.7. The van der Waals surface area contributed by atoms with Gasteiger partial charge in [-0.15, -0.1) is 6.58 Å². The van der Waals surface area contributed by atoms with Crippen molar-refractivity contribution in [3.8, 4) is 0 Å². The van der Waals surface area contributed by atoms with Gasteiger partial charge in [0.25, 0.3) is 0 Å². The summed E-state index contributed by atoms with van der Waals surface area (Å²) in [6, 6.07) is 0. The molecular formula is C10H15N3O4S2. The van der Waals surface area contributed by atoms with E-state index >= 15 is 0 Å². The summed E-state index contributed by atoms with van der Waals surface area (Å²) < 4.78 is 26.4. The summed E-state index contributed by atoms with van der Waals surface area (Å²) in [5.74, 6) is -0.0806. The average Bonchev–Trinajstić information content (AvgIpc) is 2.71. The fourth-order valence-corrected chi connectivity index (χ4v) is 3.44. The number of carboxylic acid groups (broad SMARTS) is 1. The van der Waals surface area contributed by atoms with Crippen molar-refractivity contribution < 1.29 is 18.3 Å². The Bertz CT molecular complexity index is 565. The Balaban J connectivity index is 2.80. The number of carboxylic acids is 1. The smallest absolute Gasteiger partial charge is 0.357 e. The minimum Gasteiger partial charge on any atom is -0.476 e. The molecule has 0 unspecified atom stereocenters. The summed E-state index contributed by atoms with van der Waals surface area (Å²) in [6.45, 7) is 5.22. The predicted molar refractivity (Wildman–Crippen MR) is 73.0 cm³/mol. The number of aromatic amines is 1. The summed E-state index contributed by atoms with van der Waals surface area (Å²) in [5, 5.41) is 14.7. The third-order valence-electron chi connectivity index (χ3n) is 2.14. The van der Waals surface area contributed by atoms with E-state index in [-0.39, 0.29) is 17.1 Å². The van der Waals surface area contributed by atoms with Gasteiger partial charge in [-0.1, -0.05) is 6.08 Å². The summed E-state index contributed by atoms with van der Waals surface area (Å²) in [4.78, 5) is 10.6. The van der Waals surface area contributed by atoms with Crippen LogP contribution in [0, 0.1) is 6.92 Å². The van der Waals surface area contributed by atoms with Gasteiger partial charge in [-0.2, -0.15) is 16.9 Å². The third-order valence-corrected chi connectivity index (χ3v) is 4.72. The molecule has 0 saturated heterocycles. The molecule has 0 atom stereocenters. The molecule has 7 nitrogen and oxygen atoms in total. The average molecular weight is 305 g/mol. The molecule has 9 heteroatoms. The van der Waals surface area contributed by atoms with E-state index in [9.17, 15) is 13.2 Å². The van der Waals surface area contributed by atoms with Crippen LogP contribution in [-0.2, 0) is 10.0 Å². The standard InChI is InChI=1S/C10H15N3O4S2/c1-3-5-18-6-4-11-19(16,17)9-7(2)12-13-8(9)10(14)15/h3,11H,1,4-6H2,2H3,(H,12,13)(H,14,15). The van der Waals surface area contributed by atoms with Gasteiger partial charge in [0.15, 0.2) is 5.69 Å². The Kier molecular flexibility index (Phi) is 5.58. The maximum atomic E-state index is 12.0. The lowest BCUT2D eigenvalue weighted by molar-refractivity contribution is 0.0686. The van der Waals surface area contributed by atoms with Gasteiger partial charge in [0, 0.05) is 18.1 Å². The number of hydrogen-bond donors (Lipinski definition) is 3. The van der Waals surface area contributed by atoms with Gasteiger partial charge in [-0.05, 0) is 6.92 Å². The molecule has 106 valence electrons. The van der Waals surface area contributed by atoms with Crippen LogP contribution in [0.25, 0.3) is 0 Å². The van der Waals surface area contributed by atoms with Gasteiger partial charge < -0.3 is 5.11 Å². The number of H-pyrrole nitrogens is 1. The number of sulfonamides is 1. The first-order chi connectivity index (χ1) is 8.90. The van der Waals surface area contributed by atoms with Crippen molar-refractivity contribution in [3.05, 3.63) is 24.0 Å². The highest BCUT2D eigenvalue weighted by molar-refractivity contribution is 7.99. The Hall–Kier alpha value is -1.32. The van der Waals surface area contributed by atoms with Gasteiger partial charge in [0.2, 0.25) is 10.0 Å². The van der Waals surface area contributed by atoms with E-state index in [4.69, 9.17) is 5.11 Å². The molecular weight excluding hydrogens is 290 g/mol. The van der Waals surface area contributed by atoms with Crippen molar-refractivity contribution in [2.45, 2.75) is 11.8 Å². The highest BCUT2D eigenvalue weighted by Gasteiger charge is 2.27. The third kappa shape index (κ3) is 4.08. The van der Waals surface area contributed by atoms with Gasteiger partial charge in [-0.3, -0.25) is 5.10 Å². The number of hydrogen-bond acceptors (Lipinski definition) is 5. The van der Waals surface area contributed by atoms with E-state index in [0.29, 0.717) is 5.75 Å². The topological polar surface area (TPSA) is 112 Å². The van der Waals surface area contributed by atoms with E-state index in [2.05, 4.69) is 21.5 Å². The molecule has 0 aliphatic carbocycles. The molecule has 0 aliphatic rings. The Morgan fingerprint density at radius 1 is 1.63 bits per heavy atom. The van der Waals surface area contributed by atoms with E-state index in [0.717, 1.165) is 5.75 Å². The first-order valence-electron chi connectivity index (χ1n) is 5.36. The van der Waals surface area contributed by atoms with Crippen LogP contribution in [0.3, 0.4) is 0 Å². The van der Waals surface area contributed by atoms with Crippen molar-refractivity contribution in [3.63, 3.8) is 0 Å². The molecule has 1 heterocycles. The SMILES string of the molecule is C=CCSCCNS(=O)(=O)c1c(C(=O)O)n[nH]c1C. The maximum absolute atomic E-state index is 12.0. The normalized spacial score (nSPS) is 11.4. The quantitative estimate of drug-likeness (QED) is 0.479. The van der Waals surface area contributed by atoms with E-state index in [1.54, 1.807) is 6.08 Å². The number of nitrogens with zero attached hydrogens (tertiary/aromatic N) is 1. The number of thioether (sulfide) groups is 1. The van der Waals surface area contributed by atoms with Crippen molar-refractivity contribution in [2.24, 2.45) is 0 Å². The second-order valence-electron chi connectivity index (χ2n) is 3.59. The van der Waals surface area contributed by atoms with Crippen LogP contribution in [0.2, 0.25) is 0 Å². The Morgan fingerprint density at radius 2 is 2.32 bits per heavy atom. The molecule has 0 aliphatic heterocycles. The summed E-state index contributed by atoms with van der Waals surface area (Å²) in [6.07, 6.45) is 1.72. The predicted octanol–water partition coefficient (Wildman–Crippen LogP) is 0.614. The second-order valence-corrected chi connectivity index (χ2v) is 6.45. The van der Waals surface area contributed by atoms with Gasteiger partial charge in [-0.25, -0.2) is 17.9 Å². The minimum absolute atomic E-state index is 0.198. The van der Waals surface area contributed by atoms with E-state index in [1.807, 2.05) is 0 Å². The van der Waals surface area contributed by atoms with Crippen molar-refractivity contribution in [1.82, 2.24) is 14.9 Å². The van der Waals surface area contributed by atoms with E-state index < -0.39 is 21.7 Å². The molecule has 0 radical (unpaired) electrons. The lowest BCUT2D eigenvalue weighted by atomic mass is 10.4. The fraction of sp³-hybridized carbons (Fsp3) is 0.400. The van der Waals surface area contributed by atoms with Crippen molar-refractivity contribution in [1.29, 1.82) is 0 Å². The van der Waals surface area contributed by atoms with Crippen LogP contribution in [-0.4, -0.2) is 47.7 Å². The molecule has 1 aromatic rings. The largest absolute Gasteiger partial charge is 0.476 e. The van der Waals surface area contributed by atoms with Crippen LogP contribution >= 0.6 is 11.8 Å². The van der Waals surface area contributed by atoms with Gasteiger partial charge in [0.1, 0.15) is 4.90 Å². The number of aromatic carboxylic acids is 1. The molecule has 0 bridgehead atoms. The summed E-state index contributed by atoms with van der Waals surface area (Å²) in [7, 11) is -3.87. The highest BCUT2D eigenvalue weighted by atomic mass is 32.2. The zero-order valence-electron chi connectivity index (χ0n) is 10.3. The zero-order valence-corrected chi connectivity index (χ0v) is 12.0. The number of aromatic nitrogens is 2. The summed E-state index contributed by atoms with van der Waals surface area (Å²) in [5.41, 5.74) is -0.299. The molecule has 19 heavy (non-hydrogen) atoms. The summed E-state index contributed by atoms with van der Waals surface area (Å²) >= 11 is 1.52. The Labute approximate surface area is 115 Å². The van der Waals surface area contributed by atoms with Crippen LogP contribution in [0.1, 0.15) is 16.2 Å². The minimum atomic E-state index is -3.87. The molecule has 0 fully saturated rings. The van der Waals surface area contributed by atoms with Gasteiger partial charge in [0.05, 0.1) is 5.69 Å². The number of carbonyl (C=O) groups is 1. The molecule has 0 spiro atoms. The zero-order chi connectivity index (χ0) is 14.5.